The number of aromatic hydroxyl groups is 1. The van der Waals surface area contributed by atoms with Crippen LogP contribution >= 0.6 is 0 Å². The summed E-state index contributed by atoms with van der Waals surface area (Å²) in [6, 6.07) is 2.30. The number of hydrogen-bond donors (Lipinski definition) is 6. The van der Waals surface area contributed by atoms with E-state index in [1.807, 2.05) is 26.8 Å². The zero-order valence-electron chi connectivity index (χ0n) is 21.0. The molecule has 0 heterocycles. The van der Waals surface area contributed by atoms with Crippen LogP contribution in [-0.4, -0.2) is 74.1 Å². The molecule has 0 aliphatic heterocycles. The van der Waals surface area contributed by atoms with Crippen LogP contribution in [0.25, 0.3) is 0 Å². The van der Waals surface area contributed by atoms with Gasteiger partial charge in [0, 0.05) is 23.6 Å². The maximum absolute atomic E-state index is 13.5. The van der Waals surface area contributed by atoms with Crippen LogP contribution in [0.4, 0.5) is 0 Å². The van der Waals surface area contributed by atoms with Crippen molar-refractivity contribution in [3.63, 3.8) is 0 Å². The van der Waals surface area contributed by atoms with E-state index in [-0.39, 0.29) is 35.3 Å². The number of carbonyl (C=O) groups is 3. The molecular formula is C26H33N3O7. The average Bonchev–Trinajstić information content (AvgIpc) is 2.73. The van der Waals surface area contributed by atoms with Crippen LogP contribution in [0.1, 0.15) is 48.7 Å². The number of allylic oxidation sites excluding steroid dienone is 1. The number of hydrogen-bond acceptors (Lipinski definition) is 9. The summed E-state index contributed by atoms with van der Waals surface area (Å²) in [4.78, 5) is 40.4. The number of nitrogens with one attached hydrogen (secondary N) is 1. The standard InChI is InChI=1S/C26H33N3O7/c1-25(2,3)28-10-11-6-12-8-13-9-14-19(29(4)5)21(32)18(24(27)35)23(34)26(14,36)22(33)17(13)20(31)16(12)15(30)7-11/h6-7,13-14,19,28,30,32-33,36H,8-10H2,1-5H3,(H2,27,35)/t13-,14-,19-,26-/m0/s1. The molecule has 1 aromatic carbocycles. The number of fused-ring (bicyclic) bond motifs is 3. The van der Waals surface area contributed by atoms with E-state index in [9.17, 15) is 34.8 Å². The number of aliphatic hydroxyl groups excluding tert-OH is 2. The van der Waals surface area contributed by atoms with E-state index >= 15 is 0 Å². The molecule has 7 N–H and O–H groups in total. The largest absolute Gasteiger partial charge is 0.510 e. The SMILES string of the molecule is CN(C)[C@@H]1C(O)=C(C(N)=O)C(=O)[C@@]2(O)C(O)=C3C(=O)c4c(O)cc(CNC(C)(C)C)cc4C[C@H]3C[C@@H]12. The molecule has 36 heavy (non-hydrogen) atoms. The molecule has 1 amide bonds. The second-order valence-corrected chi connectivity index (χ2v) is 11.2. The first-order valence-corrected chi connectivity index (χ1v) is 11.8. The predicted molar refractivity (Wildman–Crippen MR) is 130 cm³/mol. The van der Waals surface area contributed by atoms with Gasteiger partial charge in [-0.2, -0.15) is 0 Å². The van der Waals surface area contributed by atoms with Gasteiger partial charge in [0.15, 0.2) is 11.4 Å². The topological polar surface area (TPSA) is 173 Å². The number of likely N-dealkylation sites (N-methyl/N-ethyl adjacent to an activating group) is 1. The summed E-state index contributed by atoms with van der Waals surface area (Å²) in [5, 5.41) is 47.7. The molecule has 0 saturated carbocycles. The number of Topliss-reactive ketones (excluding diaryl/α,β-unsaturated/α-hetero) is 2. The lowest BCUT2D eigenvalue weighted by Crippen LogP contribution is -2.63. The molecule has 10 heteroatoms. The Bertz CT molecular complexity index is 1240. The lowest BCUT2D eigenvalue weighted by molar-refractivity contribution is -0.148. The molecule has 4 rings (SSSR count). The Morgan fingerprint density at radius 1 is 1.19 bits per heavy atom. The Hall–Kier alpha value is -3.21. The average molecular weight is 500 g/mol. The first-order chi connectivity index (χ1) is 16.6. The van der Waals surface area contributed by atoms with Gasteiger partial charge in [-0.15, -0.1) is 0 Å². The number of nitrogens with two attached hydrogens (primary N) is 1. The third kappa shape index (κ3) is 3.80. The predicted octanol–water partition coefficient (Wildman–Crippen LogP) is 1.01. The number of phenols is 1. The highest BCUT2D eigenvalue weighted by atomic mass is 16.3. The summed E-state index contributed by atoms with van der Waals surface area (Å²) in [7, 11) is 3.19. The zero-order chi connectivity index (χ0) is 26.9. The summed E-state index contributed by atoms with van der Waals surface area (Å²) >= 11 is 0. The van der Waals surface area contributed by atoms with Gasteiger partial charge in [-0.3, -0.25) is 19.3 Å². The van der Waals surface area contributed by atoms with Gasteiger partial charge in [0.05, 0.1) is 11.6 Å². The minimum absolute atomic E-state index is 0.00953. The van der Waals surface area contributed by atoms with Crippen LogP contribution in [-0.2, 0) is 22.6 Å². The Labute approximate surface area is 209 Å². The van der Waals surface area contributed by atoms with Crippen molar-refractivity contribution in [2.24, 2.45) is 17.6 Å². The van der Waals surface area contributed by atoms with Crippen molar-refractivity contribution in [1.29, 1.82) is 0 Å². The maximum atomic E-state index is 13.5. The molecule has 0 saturated heterocycles. The normalized spacial score (nSPS) is 28.2. The van der Waals surface area contributed by atoms with Gasteiger partial charge >= 0.3 is 0 Å². The Morgan fingerprint density at radius 3 is 2.39 bits per heavy atom. The van der Waals surface area contributed by atoms with Gasteiger partial charge in [-0.25, -0.2) is 0 Å². The van der Waals surface area contributed by atoms with E-state index < -0.39 is 58.0 Å². The number of aliphatic hydroxyl groups is 3. The third-order valence-corrected chi connectivity index (χ3v) is 7.41. The van der Waals surface area contributed by atoms with Gasteiger partial charge in [-0.05, 0) is 70.8 Å². The fourth-order valence-corrected chi connectivity index (χ4v) is 5.81. The highest BCUT2D eigenvalue weighted by molar-refractivity contribution is 6.24. The van der Waals surface area contributed by atoms with E-state index in [2.05, 4.69) is 5.32 Å². The van der Waals surface area contributed by atoms with Crippen molar-refractivity contribution in [3.05, 3.63) is 51.5 Å². The molecule has 3 aliphatic rings. The first kappa shape index (κ1) is 25.9. The van der Waals surface area contributed by atoms with Gasteiger partial charge < -0.3 is 31.5 Å². The Kier molecular flexibility index (Phi) is 6.06. The number of amides is 1. The van der Waals surface area contributed by atoms with Crippen LogP contribution in [0, 0.1) is 11.8 Å². The minimum atomic E-state index is -2.63. The molecule has 0 radical (unpaired) electrons. The summed E-state index contributed by atoms with van der Waals surface area (Å²) in [6.45, 7) is 6.50. The molecule has 194 valence electrons. The van der Waals surface area contributed by atoms with Crippen LogP contribution in [0.5, 0.6) is 5.75 Å². The molecule has 0 aromatic heterocycles. The smallest absolute Gasteiger partial charge is 0.255 e. The van der Waals surface area contributed by atoms with E-state index in [1.165, 1.54) is 11.0 Å². The third-order valence-electron chi connectivity index (χ3n) is 7.41. The van der Waals surface area contributed by atoms with E-state index in [1.54, 1.807) is 14.1 Å². The van der Waals surface area contributed by atoms with Gasteiger partial charge in [0.1, 0.15) is 22.8 Å². The second-order valence-electron chi connectivity index (χ2n) is 11.2. The molecule has 0 fully saturated rings. The van der Waals surface area contributed by atoms with Crippen LogP contribution in [0.2, 0.25) is 0 Å². The van der Waals surface area contributed by atoms with Crippen molar-refractivity contribution >= 4 is 17.5 Å². The van der Waals surface area contributed by atoms with Crippen LogP contribution in [0.15, 0.2) is 34.8 Å². The Balaban J connectivity index is 1.85. The van der Waals surface area contributed by atoms with Crippen molar-refractivity contribution in [2.75, 3.05) is 14.1 Å². The zero-order valence-corrected chi connectivity index (χ0v) is 21.0. The Morgan fingerprint density at radius 2 is 1.83 bits per heavy atom. The molecule has 3 aliphatic carbocycles. The van der Waals surface area contributed by atoms with Crippen molar-refractivity contribution in [3.8, 4) is 5.75 Å². The number of nitrogens with zero attached hydrogens (tertiary/aromatic N) is 1. The van der Waals surface area contributed by atoms with Gasteiger partial charge in [0.25, 0.3) is 5.91 Å². The summed E-state index contributed by atoms with van der Waals surface area (Å²) in [5.74, 6) is -6.50. The summed E-state index contributed by atoms with van der Waals surface area (Å²) in [6.07, 6.45) is 0.336. The van der Waals surface area contributed by atoms with Gasteiger partial charge in [0.2, 0.25) is 5.78 Å². The number of ketones is 2. The fourth-order valence-electron chi connectivity index (χ4n) is 5.81. The highest BCUT2D eigenvalue weighted by Gasteiger charge is 2.63. The molecular weight excluding hydrogens is 466 g/mol. The number of carbonyl (C=O) groups excluding carboxylic acids is 3. The van der Waals surface area contributed by atoms with Gasteiger partial charge in [-0.1, -0.05) is 6.07 Å². The quantitative estimate of drug-likeness (QED) is 0.330. The molecule has 4 atom stereocenters. The lowest BCUT2D eigenvalue weighted by atomic mass is 9.58. The number of primary amides is 1. The first-order valence-electron chi connectivity index (χ1n) is 11.8. The summed E-state index contributed by atoms with van der Waals surface area (Å²) in [5.41, 5.74) is 2.95. The van der Waals surface area contributed by atoms with E-state index in [0.717, 1.165) is 5.56 Å². The molecule has 0 spiro atoms. The van der Waals surface area contributed by atoms with Crippen molar-refractivity contribution < 1.29 is 34.8 Å². The molecule has 0 unspecified atom stereocenters. The van der Waals surface area contributed by atoms with Crippen molar-refractivity contribution in [1.82, 2.24) is 10.2 Å². The fraction of sp³-hybridized carbons (Fsp3) is 0.500. The molecule has 0 bridgehead atoms. The summed E-state index contributed by atoms with van der Waals surface area (Å²) < 4.78 is 0. The maximum Gasteiger partial charge on any atom is 0.255 e. The van der Waals surface area contributed by atoms with E-state index in [4.69, 9.17) is 5.73 Å². The highest BCUT2D eigenvalue weighted by Crippen LogP contribution is 2.52. The minimum Gasteiger partial charge on any atom is -0.510 e. The van der Waals surface area contributed by atoms with Crippen molar-refractivity contribution in [2.45, 2.75) is 57.3 Å². The van der Waals surface area contributed by atoms with Crippen LogP contribution < -0.4 is 11.1 Å². The lowest BCUT2D eigenvalue weighted by Gasteiger charge is -2.50. The second kappa shape index (κ2) is 8.43. The molecule has 1 aromatic rings. The number of phenolic OH excluding ortho intramolecular Hbond substituents is 1. The van der Waals surface area contributed by atoms with E-state index in [0.29, 0.717) is 12.1 Å². The van der Waals surface area contributed by atoms with Crippen LogP contribution in [0.3, 0.4) is 0 Å². The number of benzene rings is 1. The molecule has 10 nitrogen and oxygen atoms in total. The number of rotatable bonds is 4. The monoisotopic (exact) mass is 499 g/mol.